The van der Waals surface area contributed by atoms with E-state index < -0.39 is 20.6 Å². The zero-order valence-corrected chi connectivity index (χ0v) is 11.9. The minimum absolute atomic E-state index is 0.0981. The lowest BCUT2D eigenvalue weighted by Crippen LogP contribution is -2.13. The van der Waals surface area contributed by atoms with Crippen molar-refractivity contribution in [2.45, 2.75) is 11.8 Å². The second-order valence-electron chi connectivity index (χ2n) is 3.86. The molecular formula is C10H10N4O4S2. The smallest absolute Gasteiger partial charge is 0.293 e. The number of nitro benzene ring substituents is 1. The molecule has 0 aliphatic rings. The minimum atomic E-state index is -3.93. The molecule has 1 aromatic heterocycles. The molecule has 0 saturated heterocycles. The molecule has 0 bridgehead atoms. The van der Waals surface area contributed by atoms with Gasteiger partial charge in [-0.05, 0) is 19.1 Å². The van der Waals surface area contributed by atoms with E-state index >= 15 is 0 Å². The Bertz CT molecular complexity index is 769. The van der Waals surface area contributed by atoms with Gasteiger partial charge in [-0.2, -0.15) is 0 Å². The van der Waals surface area contributed by atoms with Gasteiger partial charge in [0, 0.05) is 17.1 Å². The number of hydrogen-bond donors (Lipinski definition) is 2. The first kappa shape index (κ1) is 14.2. The Morgan fingerprint density at radius 3 is 2.70 bits per heavy atom. The van der Waals surface area contributed by atoms with Gasteiger partial charge in [0.2, 0.25) is 0 Å². The van der Waals surface area contributed by atoms with E-state index in [0.29, 0.717) is 0 Å². The van der Waals surface area contributed by atoms with Crippen LogP contribution in [-0.4, -0.2) is 18.3 Å². The molecule has 0 atom stereocenters. The van der Waals surface area contributed by atoms with E-state index in [9.17, 15) is 18.5 Å². The number of sulfonamides is 1. The monoisotopic (exact) mass is 314 g/mol. The van der Waals surface area contributed by atoms with Gasteiger partial charge in [0.1, 0.15) is 5.69 Å². The van der Waals surface area contributed by atoms with Gasteiger partial charge in [-0.1, -0.05) is 0 Å². The number of nitrogens with one attached hydrogen (secondary N) is 1. The van der Waals surface area contributed by atoms with Crippen molar-refractivity contribution in [1.29, 1.82) is 0 Å². The Kier molecular flexibility index (Phi) is 3.59. The fourth-order valence-corrected chi connectivity index (χ4v) is 3.35. The Balaban J connectivity index is 2.39. The van der Waals surface area contributed by atoms with Crippen molar-refractivity contribution < 1.29 is 13.3 Å². The Hall–Kier alpha value is -2.20. The number of nitrogens with two attached hydrogens (primary N) is 1. The highest BCUT2D eigenvalue weighted by Crippen LogP contribution is 2.27. The summed E-state index contributed by atoms with van der Waals surface area (Å²) in [5.74, 6) is 0. The van der Waals surface area contributed by atoms with E-state index in [1.165, 1.54) is 18.3 Å². The average Bonchev–Trinajstić information content (AvgIpc) is 2.73. The van der Waals surface area contributed by atoms with E-state index in [4.69, 9.17) is 5.73 Å². The molecule has 0 aliphatic carbocycles. The molecule has 20 heavy (non-hydrogen) atoms. The number of thiazole rings is 1. The van der Waals surface area contributed by atoms with Crippen molar-refractivity contribution >= 4 is 37.9 Å². The molecule has 3 N–H and O–H groups in total. The first-order valence-electron chi connectivity index (χ1n) is 5.29. The zero-order valence-electron chi connectivity index (χ0n) is 10.2. The van der Waals surface area contributed by atoms with Crippen molar-refractivity contribution in [2.24, 2.45) is 0 Å². The van der Waals surface area contributed by atoms with Crippen LogP contribution in [0, 0.1) is 17.0 Å². The van der Waals surface area contributed by atoms with Gasteiger partial charge in [-0.3, -0.25) is 14.8 Å². The Labute approximate surface area is 118 Å². The zero-order chi connectivity index (χ0) is 14.9. The molecule has 0 fully saturated rings. The second kappa shape index (κ2) is 5.06. The van der Waals surface area contributed by atoms with Crippen LogP contribution in [0.1, 0.15) is 4.88 Å². The third kappa shape index (κ3) is 2.86. The van der Waals surface area contributed by atoms with Crippen LogP contribution in [0.5, 0.6) is 0 Å². The van der Waals surface area contributed by atoms with Crippen molar-refractivity contribution in [1.82, 2.24) is 4.98 Å². The number of benzene rings is 1. The normalized spacial score (nSPS) is 11.2. The molecule has 0 spiro atoms. The maximum atomic E-state index is 12.1. The molecule has 10 heteroatoms. The largest absolute Gasteiger partial charge is 0.393 e. The van der Waals surface area contributed by atoms with Gasteiger partial charge in [0.05, 0.1) is 9.82 Å². The molecule has 0 saturated carbocycles. The predicted octanol–water partition coefficient (Wildman–Crippen LogP) is 1.74. The van der Waals surface area contributed by atoms with Crippen molar-refractivity contribution in [2.75, 3.05) is 10.5 Å². The van der Waals surface area contributed by atoms with Gasteiger partial charge < -0.3 is 5.73 Å². The number of aryl methyl sites for hydroxylation is 1. The average molecular weight is 314 g/mol. The fraction of sp³-hybridized carbons (Fsp3) is 0.100. The highest BCUT2D eigenvalue weighted by atomic mass is 32.2. The maximum Gasteiger partial charge on any atom is 0.293 e. The molecule has 106 valence electrons. The minimum Gasteiger partial charge on any atom is -0.393 e. The highest BCUT2D eigenvalue weighted by Gasteiger charge is 2.21. The first-order chi connectivity index (χ1) is 9.29. The van der Waals surface area contributed by atoms with E-state index in [1.807, 2.05) is 0 Å². The molecule has 1 heterocycles. The summed E-state index contributed by atoms with van der Waals surface area (Å²) < 4.78 is 26.4. The van der Waals surface area contributed by atoms with Crippen LogP contribution in [0.3, 0.4) is 0 Å². The van der Waals surface area contributed by atoms with Crippen molar-refractivity contribution in [3.63, 3.8) is 0 Å². The van der Waals surface area contributed by atoms with Gasteiger partial charge >= 0.3 is 0 Å². The molecule has 0 aliphatic heterocycles. The Morgan fingerprint density at radius 2 is 2.15 bits per heavy atom. The number of anilines is 2. The van der Waals surface area contributed by atoms with Gasteiger partial charge in [-0.25, -0.2) is 13.4 Å². The standard InChI is InChI=1S/C10H10N4O4S2/c1-6-5-12-10(19-6)13-20(17,18)7-2-3-8(11)9(4-7)14(15)16/h2-5H,11H2,1H3,(H,12,13). The summed E-state index contributed by atoms with van der Waals surface area (Å²) in [6, 6.07) is 3.29. The molecule has 8 nitrogen and oxygen atoms in total. The number of nitrogen functional groups attached to an aromatic ring is 1. The molecule has 0 unspecified atom stereocenters. The van der Waals surface area contributed by atoms with Crippen LogP contribution >= 0.6 is 11.3 Å². The lowest BCUT2D eigenvalue weighted by atomic mass is 10.3. The van der Waals surface area contributed by atoms with Crippen molar-refractivity contribution in [3.05, 3.63) is 39.4 Å². The van der Waals surface area contributed by atoms with E-state index in [1.54, 1.807) is 6.92 Å². The first-order valence-corrected chi connectivity index (χ1v) is 7.59. The summed E-state index contributed by atoms with van der Waals surface area (Å²) in [7, 11) is -3.93. The van der Waals surface area contributed by atoms with Crippen molar-refractivity contribution in [3.8, 4) is 0 Å². The molecule has 0 amide bonds. The van der Waals surface area contributed by atoms with E-state index in [2.05, 4.69) is 9.71 Å². The summed E-state index contributed by atoms with van der Waals surface area (Å²) >= 11 is 1.16. The topological polar surface area (TPSA) is 128 Å². The summed E-state index contributed by atoms with van der Waals surface area (Å²) in [6.45, 7) is 1.78. The summed E-state index contributed by atoms with van der Waals surface area (Å²) in [5.41, 5.74) is 4.87. The SMILES string of the molecule is Cc1cnc(NS(=O)(=O)c2ccc(N)c([N+](=O)[O-])c2)s1. The molecule has 2 rings (SSSR count). The Morgan fingerprint density at radius 1 is 1.45 bits per heavy atom. The molecule has 2 aromatic rings. The summed E-state index contributed by atoms with van der Waals surface area (Å²) in [6.07, 6.45) is 1.52. The number of rotatable bonds is 4. The quantitative estimate of drug-likeness (QED) is 0.502. The summed E-state index contributed by atoms with van der Waals surface area (Å²) in [5, 5.41) is 11.0. The molecule has 0 radical (unpaired) electrons. The van der Waals surface area contributed by atoms with Crippen LogP contribution in [0.25, 0.3) is 0 Å². The molecular weight excluding hydrogens is 304 g/mol. The summed E-state index contributed by atoms with van der Waals surface area (Å²) in [4.78, 5) is 14.5. The van der Waals surface area contributed by atoms with E-state index in [-0.39, 0.29) is 15.7 Å². The third-order valence-electron chi connectivity index (χ3n) is 2.35. The predicted molar refractivity (Wildman–Crippen MR) is 75.2 cm³/mol. The lowest BCUT2D eigenvalue weighted by molar-refractivity contribution is -0.384. The van der Waals surface area contributed by atoms with Crippen LogP contribution in [0.4, 0.5) is 16.5 Å². The van der Waals surface area contributed by atoms with E-state index in [0.717, 1.165) is 22.3 Å². The van der Waals surface area contributed by atoms with Crippen LogP contribution in [0.2, 0.25) is 0 Å². The fourth-order valence-electron chi connectivity index (χ4n) is 1.42. The second-order valence-corrected chi connectivity index (χ2v) is 6.78. The third-order valence-corrected chi connectivity index (χ3v) is 4.65. The van der Waals surface area contributed by atoms with Gasteiger partial charge in [-0.15, -0.1) is 11.3 Å². The molecule has 1 aromatic carbocycles. The van der Waals surface area contributed by atoms with Crippen LogP contribution in [0.15, 0.2) is 29.3 Å². The lowest BCUT2D eigenvalue weighted by Gasteiger charge is -2.05. The number of nitrogens with zero attached hydrogens (tertiary/aromatic N) is 2. The van der Waals surface area contributed by atoms with Crippen LogP contribution < -0.4 is 10.5 Å². The van der Waals surface area contributed by atoms with Crippen LogP contribution in [-0.2, 0) is 10.0 Å². The highest BCUT2D eigenvalue weighted by molar-refractivity contribution is 7.93. The number of hydrogen-bond acceptors (Lipinski definition) is 7. The van der Waals surface area contributed by atoms with Gasteiger partial charge in [0.15, 0.2) is 5.13 Å². The maximum absolute atomic E-state index is 12.1. The van der Waals surface area contributed by atoms with Gasteiger partial charge in [0.25, 0.3) is 15.7 Å². The number of nitro groups is 1. The number of aromatic nitrogens is 1.